The molecule has 0 atom stereocenters. The number of carbonyl (C=O) groups is 2. The zero-order valence-corrected chi connectivity index (χ0v) is 16.4. The molecule has 2 heterocycles. The van der Waals surface area contributed by atoms with Gasteiger partial charge in [-0.2, -0.15) is 4.31 Å². The van der Waals surface area contributed by atoms with Crippen molar-refractivity contribution in [1.82, 2.24) is 9.29 Å². The van der Waals surface area contributed by atoms with Crippen molar-refractivity contribution in [3.05, 3.63) is 47.8 Å². The number of carbonyl (C=O) groups excluding carboxylic acids is 2. The van der Waals surface area contributed by atoms with Gasteiger partial charge in [0.15, 0.2) is 6.61 Å². The van der Waals surface area contributed by atoms with Crippen LogP contribution < -0.4 is 5.32 Å². The first kappa shape index (κ1) is 20.1. The maximum atomic E-state index is 12.5. The molecule has 2 N–H and O–H groups in total. The van der Waals surface area contributed by atoms with Crippen LogP contribution in [0.2, 0.25) is 0 Å². The van der Waals surface area contributed by atoms with E-state index in [1.165, 1.54) is 16.6 Å². The number of esters is 1. The Kier molecular flexibility index (Phi) is 6.15. The maximum absolute atomic E-state index is 12.5. The fraction of sp³-hybridized carbons (Fsp3) is 0.368. The molecule has 0 aliphatic carbocycles. The molecule has 0 unspecified atom stereocenters. The number of aromatic amines is 1. The predicted molar refractivity (Wildman–Crippen MR) is 104 cm³/mol. The van der Waals surface area contributed by atoms with Gasteiger partial charge in [-0.05, 0) is 43.0 Å². The molecule has 1 fully saturated rings. The number of aromatic nitrogens is 1. The minimum Gasteiger partial charge on any atom is -0.451 e. The van der Waals surface area contributed by atoms with Crippen LogP contribution in [0, 0.1) is 0 Å². The minimum absolute atomic E-state index is 0.0152. The van der Waals surface area contributed by atoms with Crippen molar-refractivity contribution < 1.29 is 22.7 Å². The fourth-order valence-electron chi connectivity index (χ4n) is 2.99. The third-order valence-electron chi connectivity index (χ3n) is 4.53. The molecule has 2 aromatic rings. The second kappa shape index (κ2) is 8.57. The average Bonchev–Trinajstić information content (AvgIpc) is 3.38. The van der Waals surface area contributed by atoms with Crippen LogP contribution in [-0.4, -0.2) is 49.3 Å². The van der Waals surface area contributed by atoms with Crippen LogP contribution in [0.15, 0.2) is 41.4 Å². The Hall–Kier alpha value is -2.65. The highest BCUT2D eigenvalue weighted by Gasteiger charge is 2.28. The van der Waals surface area contributed by atoms with E-state index in [4.69, 9.17) is 4.74 Å². The van der Waals surface area contributed by atoms with E-state index in [2.05, 4.69) is 10.3 Å². The zero-order chi connectivity index (χ0) is 20.1. The molecule has 150 valence electrons. The molecular formula is C19H23N3O5S. The Balaban J connectivity index is 1.56. The number of sulfonamides is 1. The van der Waals surface area contributed by atoms with E-state index in [0.717, 1.165) is 24.8 Å². The quantitative estimate of drug-likeness (QED) is 0.686. The standard InChI is InChI=1S/C19H23N3O5S/c1-2-14-6-5-7-15(10-14)21-18(23)13-27-19(24)17-11-16(12-20-17)28(25,26)22-8-3-4-9-22/h5-7,10-12,20H,2-4,8-9,13H2,1H3,(H,21,23). The Morgan fingerprint density at radius 1 is 1.21 bits per heavy atom. The number of anilines is 1. The highest BCUT2D eigenvalue weighted by molar-refractivity contribution is 7.89. The van der Waals surface area contributed by atoms with E-state index in [1.54, 1.807) is 6.07 Å². The molecule has 0 bridgehead atoms. The van der Waals surface area contributed by atoms with Crippen LogP contribution in [0.3, 0.4) is 0 Å². The van der Waals surface area contributed by atoms with Gasteiger partial charge in [-0.15, -0.1) is 0 Å². The molecule has 8 nitrogen and oxygen atoms in total. The number of aryl methyl sites for hydroxylation is 1. The number of amides is 1. The Morgan fingerprint density at radius 3 is 2.68 bits per heavy atom. The minimum atomic E-state index is -3.61. The smallest absolute Gasteiger partial charge is 0.355 e. The van der Waals surface area contributed by atoms with Gasteiger partial charge in [0.25, 0.3) is 5.91 Å². The van der Waals surface area contributed by atoms with Crippen LogP contribution in [0.1, 0.15) is 35.8 Å². The predicted octanol–water partition coefficient (Wildman–Crippen LogP) is 2.16. The van der Waals surface area contributed by atoms with E-state index in [-0.39, 0.29) is 10.6 Å². The number of benzene rings is 1. The van der Waals surface area contributed by atoms with Gasteiger partial charge >= 0.3 is 5.97 Å². The van der Waals surface area contributed by atoms with E-state index in [1.807, 2.05) is 25.1 Å². The van der Waals surface area contributed by atoms with Gasteiger partial charge in [-0.25, -0.2) is 13.2 Å². The molecule has 1 saturated heterocycles. The summed E-state index contributed by atoms with van der Waals surface area (Å²) >= 11 is 0. The zero-order valence-electron chi connectivity index (χ0n) is 15.6. The number of ether oxygens (including phenoxy) is 1. The summed E-state index contributed by atoms with van der Waals surface area (Å²) in [7, 11) is -3.61. The molecular weight excluding hydrogens is 382 g/mol. The molecule has 28 heavy (non-hydrogen) atoms. The molecule has 1 aliphatic heterocycles. The number of H-pyrrole nitrogens is 1. The van der Waals surface area contributed by atoms with Gasteiger partial charge in [0.1, 0.15) is 10.6 Å². The number of rotatable bonds is 7. The second-order valence-corrected chi connectivity index (χ2v) is 8.48. The number of nitrogens with zero attached hydrogens (tertiary/aromatic N) is 1. The summed E-state index contributed by atoms with van der Waals surface area (Å²) in [4.78, 5) is 26.7. The summed E-state index contributed by atoms with van der Waals surface area (Å²) in [5.74, 6) is -1.27. The van der Waals surface area contributed by atoms with Crippen LogP contribution in [0.5, 0.6) is 0 Å². The molecule has 1 aromatic carbocycles. The van der Waals surface area contributed by atoms with Crippen molar-refractivity contribution in [3.63, 3.8) is 0 Å². The molecule has 3 rings (SSSR count). The van der Waals surface area contributed by atoms with Gasteiger partial charge < -0.3 is 15.0 Å². The first-order chi connectivity index (χ1) is 13.4. The van der Waals surface area contributed by atoms with Gasteiger partial charge in [0.2, 0.25) is 10.0 Å². The Labute approximate surface area is 163 Å². The van der Waals surface area contributed by atoms with Crippen molar-refractivity contribution in [1.29, 1.82) is 0 Å². The van der Waals surface area contributed by atoms with Crippen molar-refractivity contribution in [2.45, 2.75) is 31.1 Å². The average molecular weight is 405 g/mol. The van der Waals surface area contributed by atoms with Crippen LogP contribution in [0.4, 0.5) is 5.69 Å². The fourth-order valence-corrected chi connectivity index (χ4v) is 4.51. The number of hydrogen-bond acceptors (Lipinski definition) is 5. The lowest BCUT2D eigenvalue weighted by Gasteiger charge is -2.13. The van der Waals surface area contributed by atoms with Gasteiger partial charge in [-0.1, -0.05) is 19.1 Å². The first-order valence-electron chi connectivity index (χ1n) is 9.14. The highest BCUT2D eigenvalue weighted by atomic mass is 32.2. The summed E-state index contributed by atoms with van der Waals surface area (Å²) < 4.78 is 31.3. The summed E-state index contributed by atoms with van der Waals surface area (Å²) in [6, 6.07) is 8.62. The summed E-state index contributed by atoms with van der Waals surface area (Å²) in [5.41, 5.74) is 1.69. The highest BCUT2D eigenvalue weighted by Crippen LogP contribution is 2.21. The molecule has 0 saturated carbocycles. The molecule has 0 radical (unpaired) electrons. The SMILES string of the molecule is CCc1cccc(NC(=O)COC(=O)c2cc(S(=O)(=O)N3CCCC3)c[nH]2)c1. The first-order valence-corrected chi connectivity index (χ1v) is 10.6. The second-order valence-electron chi connectivity index (χ2n) is 6.54. The topological polar surface area (TPSA) is 109 Å². The van der Waals surface area contributed by atoms with Gasteiger partial charge in [-0.3, -0.25) is 4.79 Å². The Bertz CT molecular complexity index is 961. The lowest BCUT2D eigenvalue weighted by molar-refractivity contribution is -0.119. The Morgan fingerprint density at radius 2 is 1.96 bits per heavy atom. The lowest BCUT2D eigenvalue weighted by Crippen LogP contribution is -2.27. The third-order valence-corrected chi connectivity index (χ3v) is 6.41. The summed E-state index contributed by atoms with van der Waals surface area (Å²) in [6.45, 7) is 2.50. The molecule has 1 aromatic heterocycles. The molecule has 1 aliphatic rings. The third kappa shape index (κ3) is 4.60. The maximum Gasteiger partial charge on any atom is 0.355 e. The van der Waals surface area contributed by atoms with E-state index >= 15 is 0 Å². The van der Waals surface area contributed by atoms with Crippen LogP contribution >= 0.6 is 0 Å². The van der Waals surface area contributed by atoms with Crippen molar-refractivity contribution in [2.75, 3.05) is 25.0 Å². The van der Waals surface area contributed by atoms with Crippen molar-refractivity contribution in [3.8, 4) is 0 Å². The van der Waals surface area contributed by atoms with Crippen molar-refractivity contribution >= 4 is 27.6 Å². The largest absolute Gasteiger partial charge is 0.451 e. The monoisotopic (exact) mass is 405 g/mol. The molecule has 1 amide bonds. The molecule has 9 heteroatoms. The van der Waals surface area contributed by atoms with E-state index in [9.17, 15) is 18.0 Å². The van der Waals surface area contributed by atoms with Crippen molar-refractivity contribution in [2.24, 2.45) is 0 Å². The number of nitrogens with one attached hydrogen (secondary N) is 2. The normalized spacial score (nSPS) is 14.8. The van der Waals surface area contributed by atoms with E-state index in [0.29, 0.717) is 18.8 Å². The van der Waals surface area contributed by atoms with Gasteiger partial charge in [0.05, 0.1) is 0 Å². The summed E-state index contributed by atoms with van der Waals surface area (Å²) in [6.07, 6.45) is 3.76. The lowest BCUT2D eigenvalue weighted by atomic mass is 10.1. The van der Waals surface area contributed by atoms with E-state index < -0.39 is 28.5 Å². The number of hydrogen-bond donors (Lipinski definition) is 2. The van der Waals surface area contributed by atoms with Crippen LogP contribution in [0.25, 0.3) is 0 Å². The van der Waals surface area contributed by atoms with Gasteiger partial charge in [0, 0.05) is 25.0 Å². The summed E-state index contributed by atoms with van der Waals surface area (Å²) in [5, 5.41) is 2.66. The van der Waals surface area contributed by atoms with Crippen LogP contribution in [-0.2, 0) is 26.0 Å². The molecule has 0 spiro atoms.